The molecule has 0 aromatic rings. The van der Waals surface area contributed by atoms with E-state index < -0.39 is 5.92 Å². The van der Waals surface area contributed by atoms with Gasteiger partial charge in [0.2, 0.25) is 0 Å². The molecular formula is C21H38O3. The molecule has 0 radical (unpaired) electrons. The van der Waals surface area contributed by atoms with Crippen LogP contribution >= 0.6 is 0 Å². The van der Waals surface area contributed by atoms with E-state index in [0.717, 1.165) is 25.7 Å². The highest BCUT2D eigenvalue weighted by Gasteiger charge is 2.26. The quantitative estimate of drug-likeness (QED) is 0.435. The lowest BCUT2D eigenvalue weighted by molar-refractivity contribution is -0.149. The molecule has 1 aliphatic rings. The van der Waals surface area contributed by atoms with Crippen LogP contribution in [0.1, 0.15) is 109 Å². The molecule has 0 bridgehead atoms. The molecule has 0 amide bonds. The summed E-state index contributed by atoms with van der Waals surface area (Å²) in [5.74, 6) is -0.747. The summed E-state index contributed by atoms with van der Waals surface area (Å²) in [5.41, 5.74) is 0. The zero-order valence-electron chi connectivity index (χ0n) is 15.8. The van der Waals surface area contributed by atoms with Gasteiger partial charge in [-0.2, -0.15) is 0 Å². The molecule has 0 N–H and O–H groups in total. The van der Waals surface area contributed by atoms with Crippen molar-refractivity contribution in [3.8, 4) is 0 Å². The molecule has 1 atom stereocenters. The Morgan fingerprint density at radius 1 is 0.708 bits per heavy atom. The first-order chi connectivity index (χ1) is 11.8. The third kappa shape index (κ3) is 10.1. The molecular weight excluding hydrogens is 300 g/mol. The SMILES string of the molecule is COC(=O)C1CCCCCCCCCCCCCCCCCC1=O. The molecule has 0 aromatic carbocycles. The topological polar surface area (TPSA) is 43.4 Å². The fourth-order valence-corrected chi connectivity index (χ4v) is 3.67. The van der Waals surface area contributed by atoms with E-state index in [2.05, 4.69) is 0 Å². The van der Waals surface area contributed by atoms with Crippen LogP contribution in [0.2, 0.25) is 0 Å². The first-order valence-electron chi connectivity index (χ1n) is 10.4. The molecule has 0 spiro atoms. The van der Waals surface area contributed by atoms with Gasteiger partial charge in [0.05, 0.1) is 7.11 Å². The zero-order valence-corrected chi connectivity index (χ0v) is 15.8. The summed E-state index contributed by atoms with van der Waals surface area (Å²) in [7, 11) is 1.39. The summed E-state index contributed by atoms with van der Waals surface area (Å²) in [4.78, 5) is 24.2. The van der Waals surface area contributed by atoms with Crippen molar-refractivity contribution >= 4 is 11.8 Å². The van der Waals surface area contributed by atoms with Crippen LogP contribution in [0.5, 0.6) is 0 Å². The van der Waals surface area contributed by atoms with Crippen LogP contribution < -0.4 is 0 Å². The van der Waals surface area contributed by atoms with E-state index in [-0.39, 0.29) is 11.8 Å². The first kappa shape index (κ1) is 21.2. The highest BCUT2D eigenvalue weighted by molar-refractivity contribution is 5.98. The van der Waals surface area contributed by atoms with Crippen LogP contribution in [-0.4, -0.2) is 18.9 Å². The number of methoxy groups -OCH3 is 1. The number of ether oxygens (including phenoxy) is 1. The fourth-order valence-electron chi connectivity index (χ4n) is 3.67. The smallest absolute Gasteiger partial charge is 0.316 e. The number of hydrogen-bond donors (Lipinski definition) is 0. The van der Waals surface area contributed by atoms with Crippen molar-refractivity contribution in [2.45, 2.75) is 109 Å². The molecule has 1 aliphatic carbocycles. The van der Waals surface area contributed by atoms with Gasteiger partial charge in [-0.3, -0.25) is 9.59 Å². The maximum atomic E-state index is 12.4. The molecule has 3 heteroatoms. The summed E-state index contributed by atoms with van der Waals surface area (Å²) < 4.78 is 4.85. The third-order valence-electron chi connectivity index (χ3n) is 5.29. The Kier molecular flexibility index (Phi) is 12.8. The van der Waals surface area contributed by atoms with Crippen LogP contribution in [-0.2, 0) is 14.3 Å². The Labute approximate surface area is 148 Å². The van der Waals surface area contributed by atoms with E-state index in [4.69, 9.17) is 4.74 Å². The minimum atomic E-state index is -0.517. The third-order valence-corrected chi connectivity index (χ3v) is 5.29. The molecule has 0 saturated heterocycles. The lowest BCUT2D eigenvalue weighted by Crippen LogP contribution is -2.25. The number of Topliss-reactive ketones (excluding diaryl/α,β-unsaturated/α-hetero) is 1. The van der Waals surface area contributed by atoms with Gasteiger partial charge in [-0.25, -0.2) is 0 Å². The lowest BCUT2D eigenvalue weighted by atomic mass is 9.93. The molecule has 1 rings (SSSR count). The second kappa shape index (κ2) is 14.5. The normalized spacial score (nSPS) is 24.4. The Morgan fingerprint density at radius 2 is 1.08 bits per heavy atom. The number of esters is 1. The van der Waals surface area contributed by atoms with Gasteiger partial charge < -0.3 is 4.74 Å². The minimum Gasteiger partial charge on any atom is -0.468 e. The van der Waals surface area contributed by atoms with E-state index in [1.54, 1.807) is 0 Å². The van der Waals surface area contributed by atoms with Crippen molar-refractivity contribution in [2.75, 3.05) is 7.11 Å². The van der Waals surface area contributed by atoms with Crippen molar-refractivity contribution in [3.05, 3.63) is 0 Å². The van der Waals surface area contributed by atoms with Gasteiger partial charge in [0, 0.05) is 6.42 Å². The zero-order chi connectivity index (χ0) is 17.5. The highest BCUT2D eigenvalue weighted by Crippen LogP contribution is 2.19. The van der Waals surface area contributed by atoms with E-state index in [0.29, 0.717) is 12.8 Å². The monoisotopic (exact) mass is 338 g/mol. The van der Waals surface area contributed by atoms with Gasteiger partial charge in [0.15, 0.2) is 0 Å². The van der Waals surface area contributed by atoms with Crippen LogP contribution in [0.15, 0.2) is 0 Å². The summed E-state index contributed by atoms with van der Waals surface area (Å²) in [6.45, 7) is 0. The van der Waals surface area contributed by atoms with Crippen LogP contribution in [0.4, 0.5) is 0 Å². The Morgan fingerprint density at radius 3 is 1.50 bits per heavy atom. The summed E-state index contributed by atoms with van der Waals surface area (Å²) in [5, 5.41) is 0. The standard InChI is InChI=1S/C21H38O3/c1-24-21(23)19-17-15-13-11-9-7-5-3-2-4-6-8-10-12-14-16-18-20(19)22/h19H,2-18H2,1H3. The highest BCUT2D eigenvalue weighted by atomic mass is 16.5. The number of hydrogen-bond acceptors (Lipinski definition) is 3. The fraction of sp³-hybridized carbons (Fsp3) is 0.905. The number of ketones is 1. The predicted octanol–water partition coefficient (Wildman–Crippen LogP) is 5.99. The predicted molar refractivity (Wildman–Crippen MR) is 99.0 cm³/mol. The first-order valence-corrected chi connectivity index (χ1v) is 10.4. The second-order valence-corrected chi connectivity index (χ2v) is 7.38. The lowest BCUT2D eigenvalue weighted by Gasteiger charge is -2.13. The van der Waals surface area contributed by atoms with Crippen LogP contribution in [0, 0.1) is 5.92 Å². The maximum absolute atomic E-state index is 12.4. The maximum Gasteiger partial charge on any atom is 0.316 e. The Bertz CT molecular complexity index is 338. The number of carbonyl (C=O) groups excluding carboxylic acids is 2. The number of rotatable bonds is 1. The van der Waals surface area contributed by atoms with Gasteiger partial charge in [-0.1, -0.05) is 89.9 Å². The van der Waals surface area contributed by atoms with E-state index >= 15 is 0 Å². The summed E-state index contributed by atoms with van der Waals surface area (Å²) in [6, 6.07) is 0. The molecule has 0 heterocycles. The van der Waals surface area contributed by atoms with E-state index in [9.17, 15) is 9.59 Å². The van der Waals surface area contributed by atoms with Crippen molar-refractivity contribution in [1.29, 1.82) is 0 Å². The van der Waals surface area contributed by atoms with Gasteiger partial charge >= 0.3 is 5.97 Å². The van der Waals surface area contributed by atoms with Crippen molar-refractivity contribution in [1.82, 2.24) is 0 Å². The van der Waals surface area contributed by atoms with Gasteiger partial charge in [0.25, 0.3) is 0 Å². The van der Waals surface area contributed by atoms with Crippen molar-refractivity contribution < 1.29 is 14.3 Å². The Balaban J connectivity index is 2.40. The Hall–Kier alpha value is -0.860. The van der Waals surface area contributed by atoms with Crippen LogP contribution in [0.25, 0.3) is 0 Å². The average Bonchev–Trinajstić information content (AvgIpc) is 2.59. The molecule has 1 fully saturated rings. The van der Waals surface area contributed by atoms with Crippen molar-refractivity contribution in [3.63, 3.8) is 0 Å². The second-order valence-electron chi connectivity index (χ2n) is 7.38. The molecule has 0 aliphatic heterocycles. The number of carbonyl (C=O) groups is 2. The molecule has 0 aromatic heterocycles. The average molecular weight is 339 g/mol. The van der Waals surface area contributed by atoms with Gasteiger partial charge in [-0.05, 0) is 12.8 Å². The molecule has 140 valence electrons. The van der Waals surface area contributed by atoms with Gasteiger partial charge in [0.1, 0.15) is 11.7 Å². The summed E-state index contributed by atoms with van der Waals surface area (Å²) >= 11 is 0. The van der Waals surface area contributed by atoms with Crippen molar-refractivity contribution in [2.24, 2.45) is 5.92 Å². The molecule has 1 unspecified atom stereocenters. The van der Waals surface area contributed by atoms with E-state index in [1.165, 1.54) is 77.7 Å². The summed E-state index contributed by atoms with van der Waals surface area (Å²) in [6.07, 6.45) is 19.9. The molecule has 24 heavy (non-hydrogen) atoms. The van der Waals surface area contributed by atoms with Crippen LogP contribution in [0.3, 0.4) is 0 Å². The largest absolute Gasteiger partial charge is 0.468 e. The minimum absolute atomic E-state index is 0.0970. The molecule has 1 saturated carbocycles. The van der Waals surface area contributed by atoms with Gasteiger partial charge in [-0.15, -0.1) is 0 Å². The molecule has 3 nitrogen and oxygen atoms in total. The van der Waals surface area contributed by atoms with E-state index in [1.807, 2.05) is 0 Å².